The molecule has 1 aliphatic rings. The lowest BCUT2D eigenvalue weighted by molar-refractivity contribution is 0.204. The molecule has 0 aromatic heterocycles. The summed E-state index contributed by atoms with van der Waals surface area (Å²) in [5.74, 6) is 1.40. The Labute approximate surface area is 106 Å². The first-order chi connectivity index (χ1) is 7.47. The van der Waals surface area contributed by atoms with Gasteiger partial charge in [0.15, 0.2) is 0 Å². The van der Waals surface area contributed by atoms with Crippen LogP contribution < -0.4 is 0 Å². The van der Waals surface area contributed by atoms with Crippen LogP contribution in [0.4, 0.5) is 0 Å². The third kappa shape index (κ3) is 3.66. The lowest BCUT2D eigenvalue weighted by atomic mass is 9.67. The summed E-state index contributed by atoms with van der Waals surface area (Å²) in [5, 5.41) is 0. The van der Waals surface area contributed by atoms with Crippen LogP contribution in [0.5, 0.6) is 0 Å². The van der Waals surface area contributed by atoms with Gasteiger partial charge in [-0.05, 0) is 50.9 Å². The average Bonchev–Trinajstić information content (AvgIpc) is 2.16. The third-order valence-corrected chi connectivity index (χ3v) is 4.16. The van der Waals surface area contributed by atoms with Crippen molar-refractivity contribution in [3.05, 3.63) is 23.3 Å². The first kappa shape index (κ1) is 13.8. The molecule has 0 nitrogen and oxygen atoms in total. The summed E-state index contributed by atoms with van der Waals surface area (Å²) in [4.78, 5) is 0. The van der Waals surface area contributed by atoms with E-state index >= 15 is 0 Å². The summed E-state index contributed by atoms with van der Waals surface area (Å²) in [7, 11) is 0. The highest BCUT2D eigenvalue weighted by Gasteiger charge is 2.32. The van der Waals surface area contributed by atoms with Crippen LogP contribution in [0, 0.1) is 11.3 Å². The van der Waals surface area contributed by atoms with E-state index in [1.54, 1.807) is 5.57 Å². The second-order valence-corrected chi connectivity index (χ2v) is 6.08. The number of hydrogen-bond acceptors (Lipinski definition) is 0. The van der Waals surface area contributed by atoms with E-state index in [0.29, 0.717) is 11.3 Å². The second kappa shape index (κ2) is 5.91. The van der Waals surface area contributed by atoms with Crippen molar-refractivity contribution in [3.8, 4) is 0 Å². The van der Waals surface area contributed by atoms with Crippen molar-refractivity contribution >= 4 is 11.6 Å². The predicted molar refractivity (Wildman–Crippen MR) is 74.0 cm³/mol. The van der Waals surface area contributed by atoms with Gasteiger partial charge >= 0.3 is 0 Å². The highest BCUT2D eigenvalue weighted by Crippen LogP contribution is 2.43. The highest BCUT2D eigenvalue weighted by atomic mass is 35.5. The molecular weight excluding hydrogens is 216 g/mol. The molecule has 0 saturated heterocycles. The van der Waals surface area contributed by atoms with Gasteiger partial charge in [0.2, 0.25) is 0 Å². The maximum absolute atomic E-state index is 5.71. The van der Waals surface area contributed by atoms with Gasteiger partial charge in [0, 0.05) is 5.88 Å². The molecule has 0 aromatic rings. The topological polar surface area (TPSA) is 0 Å². The van der Waals surface area contributed by atoms with Crippen molar-refractivity contribution < 1.29 is 0 Å². The molecule has 0 saturated carbocycles. The van der Waals surface area contributed by atoms with Gasteiger partial charge in [0.05, 0.1) is 0 Å². The molecule has 1 rings (SSSR count). The Bertz CT molecular complexity index is 284. The predicted octanol–water partition coefficient (Wildman–Crippen LogP) is 5.33. The smallest absolute Gasteiger partial charge is 0.0406 e. The van der Waals surface area contributed by atoms with Crippen molar-refractivity contribution in [1.82, 2.24) is 0 Å². The molecule has 1 aliphatic carbocycles. The average molecular weight is 241 g/mol. The summed E-state index contributed by atoms with van der Waals surface area (Å²) in [6, 6.07) is 0. The van der Waals surface area contributed by atoms with Crippen LogP contribution in [-0.2, 0) is 0 Å². The third-order valence-electron chi connectivity index (χ3n) is 4.00. The summed E-state index contributed by atoms with van der Waals surface area (Å²) >= 11 is 5.71. The first-order valence-electron chi connectivity index (χ1n) is 6.35. The van der Waals surface area contributed by atoms with E-state index in [1.807, 2.05) is 0 Å². The Morgan fingerprint density at radius 3 is 2.81 bits per heavy atom. The van der Waals surface area contributed by atoms with Crippen molar-refractivity contribution in [2.24, 2.45) is 11.3 Å². The minimum atomic E-state index is 0.472. The van der Waals surface area contributed by atoms with Gasteiger partial charge in [-0.3, -0.25) is 0 Å². The standard InChI is InChI=1S/C15H25Cl/c1-12(9-11-16)7-8-14-13(2)6-5-10-15(14,3)4/h6,9,14H,5,7-8,10-11H2,1-4H3/b12-9+. The van der Waals surface area contributed by atoms with Crippen molar-refractivity contribution in [3.63, 3.8) is 0 Å². The SMILES string of the molecule is CC1=CCCC(C)(C)C1CC/C(C)=C/CCl. The fourth-order valence-corrected chi connectivity index (χ4v) is 3.09. The molecule has 16 heavy (non-hydrogen) atoms. The van der Waals surface area contributed by atoms with Crippen LogP contribution in [0.2, 0.25) is 0 Å². The normalized spacial score (nSPS) is 25.4. The van der Waals surface area contributed by atoms with Crippen LogP contribution in [0.15, 0.2) is 23.3 Å². The molecule has 0 heterocycles. The molecule has 0 amide bonds. The van der Waals surface area contributed by atoms with E-state index < -0.39 is 0 Å². The minimum Gasteiger partial charge on any atom is -0.122 e. The van der Waals surface area contributed by atoms with E-state index in [-0.39, 0.29) is 0 Å². The molecule has 1 unspecified atom stereocenters. The lowest BCUT2D eigenvalue weighted by Gasteiger charge is -2.38. The molecule has 1 atom stereocenters. The van der Waals surface area contributed by atoms with Crippen LogP contribution in [0.3, 0.4) is 0 Å². The van der Waals surface area contributed by atoms with Gasteiger partial charge in [-0.1, -0.05) is 37.1 Å². The Balaban J connectivity index is 2.60. The number of rotatable bonds is 4. The van der Waals surface area contributed by atoms with Gasteiger partial charge in [-0.25, -0.2) is 0 Å². The molecule has 0 spiro atoms. The zero-order chi connectivity index (χ0) is 12.2. The van der Waals surface area contributed by atoms with E-state index in [1.165, 1.54) is 31.3 Å². The lowest BCUT2D eigenvalue weighted by Crippen LogP contribution is -2.27. The van der Waals surface area contributed by atoms with Crippen molar-refractivity contribution in [1.29, 1.82) is 0 Å². The number of alkyl halides is 1. The Morgan fingerprint density at radius 1 is 1.56 bits per heavy atom. The fourth-order valence-electron chi connectivity index (χ4n) is 2.83. The zero-order valence-corrected chi connectivity index (χ0v) is 11.9. The van der Waals surface area contributed by atoms with E-state index in [2.05, 4.69) is 39.8 Å². The highest BCUT2D eigenvalue weighted by molar-refractivity contribution is 6.18. The molecule has 0 fully saturated rings. The summed E-state index contributed by atoms with van der Waals surface area (Å²) in [6.45, 7) is 9.31. The number of hydrogen-bond donors (Lipinski definition) is 0. The Kier molecular flexibility index (Phi) is 5.11. The molecule has 0 aliphatic heterocycles. The number of allylic oxidation sites excluding steroid dienone is 4. The zero-order valence-electron chi connectivity index (χ0n) is 11.1. The molecule has 1 heteroatoms. The maximum Gasteiger partial charge on any atom is 0.0406 e. The summed E-state index contributed by atoms with van der Waals surface area (Å²) in [5.41, 5.74) is 3.50. The van der Waals surface area contributed by atoms with Gasteiger partial charge in [0.1, 0.15) is 0 Å². The van der Waals surface area contributed by atoms with Crippen molar-refractivity contribution in [2.75, 3.05) is 5.88 Å². The van der Waals surface area contributed by atoms with Gasteiger partial charge < -0.3 is 0 Å². The molecular formula is C15H25Cl. The molecule has 0 radical (unpaired) electrons. The molecule has 0 N–H and O–H groups in total. The Hall–Kier alpha value is -0.230. The quantitative estimate of drug-likeness (QED) is 0.460. The largest absolute Gasteiger partial charge is 0.122 e. The summed E-state index contributed by atoms with van der Waals surface area (Å²) < 4.78 is 0. The van der Waals surface area contributed by atoms with Crippen LogP contribution in [-0.4, -0.2) is 5.88 Å². The molecule has 0 bridgehead atoms. The monoisotopic (exact) mass is 240 g/mol. The fraction of sp³-hybridized carbons (Fsp3) is 0.733. The maximum atomic E-state index is 5.71. The van der Waals surface area contributed by atoms with E-state index in [0.717, 1.165) is 5.92 Å². The second-order valence-electron chi connectivity index (χ2n) is 5.77. The molecule has 0 aromatic carbocycles. The van der Waals surface area contributed by atoms with Gasteiger partial charge in [-0.15, -0.1) is 11.6 Å². The minimum absolute atomic E-state index is 0.472. The first-order valence-corrected chi connectivity index (χ1v) is 6.89. The number of halogens is 1. The Morgan fingerprint density at radius 2 is 2.25 bits per heavy atom. The summed E-state index contributed by atoms with van der Waals surface area (Å²) in [6.07, 6.45) is 9.60. The van der Waals surface area contributed by atoms with Gasteiger partial charge in [-0.2, -0.15) is 0 Å². The van der Waals surface area contributed by atoms with Gasteiger partial charge in [0.25, 0.3) is 0 Å². The molecule has 92 valence electrons. The van der Waals surface area contributed by atoms with E-state index in [4.69, 9.17) is 11.6 Å². The van der Waals surface area contributed by atoms with Crippen molar-refractivity contribution in [2.45, 2.75) is 53.4 Å². The van der Waals surface area contributed by atoms with Crippen LogP contribution in [0.25, 0.3) is 0 Å². The van der Waals surface area contributed by atoms with Crippen LogP contribution >= 0.6 is 11.6 Å². The van der Waals surface area contributed by atoms with E-state index in [9.17, 15) is 0 Å². The van der Waals surface area contributed by atoms with Crippen LogP contribution in [0.1, 0.15) is 53.4 Å².